The van der Waals surface area contributed by atoms with Crippen molar-refractivity contribution in [3.05, 3.63) is 54.4 Å². The number of hydrogen-bond donors (Lipinski definition) is 1. The summed E-state index contributed by atoms with van der Waals surface area (Å²) in [5, 5.41) is 3.37. The van der Waals surface area contributed by atoms with Gasteiger partial charge in [0.1, 0.15) is 5.82 Å². The lowest BCUT2D eigenvalue weighted by atomic mass is 10.3. The molecule has 1 heterocycles. The second kappa shape index (κ2) is 7.47. The quantitative estimate of drug-likeness (QED) is 0.691. The number of para-hydroxylation sites is 1. The van der Waals surface area contributed by atoms with E-state index in [1.807, 2.05) is 36.4 Å². The highest BCUT2D eigenvalue weighted by Gasteiger charge is 2.19. The minimum Gasteiger partial charge on any atom is -0.378 e. The first kappa shape index (κ1) is 18.4. The summed E-state index contributed by atoms with van der Waals surface area (Å²) in [7, 11) is -0.407. The number of nitrogens with one attached hydrogen (secondary N) is 1. The Morgan fingerprint density at radius 3 is 2.50 bits per heavy atom. The molecule has 0 unspecified atom stereocenters. The van der Waals surface area contributed by atoms with Gasteiger partial charge >= 0.3 is 0 Å². The SMILES string of the molecule is CCCn1c(CNc2ccccc2)nc2cc(S(=O)(=O)N(C)C)ccc21. The van der Waals surface area contributed by atoms with Gasteiger partial charge in [0.2, 0.25) is 10.0 Å². The van der Waals surface area contributed by atoms with E-state index in [-0.39, 0.29) is 4.90 Å². The van der Waals surface area contributed by atoms with Crippen LogP contribution in [0.15, 0.2) is 53.4 Å². The Balaban J connectivity index is 1.98. The lowest BCUT2D eigenvalue weighted by molar-refractivity contribution is 0.521. The third-order valence-electron chi connectivity index (χ3n) is 4.25. The lowest BCUT2D eigenvalue weighted by Crippen LogP contribution is -2.22. The van der Waals surface area contributed by atoms with E-state index >= 15 is 0 Å². The van der Waals surface area contributed by atoms with Crippen LogP contribution in [0.1, 0.15) is 19.2 Å². The van der Waals surface area contributed by atoms with Crippen molar-refractivity contribution in [1.29, 1.82) is 0 Å². The van der Waals surface area contributed by atoms with Crippen molar-refractivity contribution >= 4 is 26.7 Å². The Morgan fingerprint density at radius 1 is 1.12 bits per heavy atom. The van der Waals surface area contributed by atoms with Gasteiger partial charge in [-0.3, -0.25) is 0 Å². The molecule has 0 radical (unpaired) electrons. The maximum Gasteiger partial charge on any atom is 0.242 e. The van der Waals surface area contributed by atoms with Gasteiger partial charge in [0.15, 0.2) is 0 Å². The van der Waals surface area contributed by atoms with Gasteiger partial charge in [-0.15, -0.1) is 0 Å². The summed E-state index contributed by atoms with van der Waals surface area (Å²) >= 11 is 0. The van der Waals surface area contributed by atoms with Gasteiger partial charge in [-0.25, -0.2) is 17.7 Å². The molecule has 0 atom stereocenters. The fourth-order valence-electron chi connectivity index (χ4n) is 2.88. The van der Waals surface area contributed by atoms with Crippen LogP contribution in [0.4, 0.5) is 5.69 Å². The number of aromatic nitrogens is 2. The van der Waals surface area contributed by atoms with Crippen molar-refractivity contribution < 1.29 is 8.42 Å². The highest BCUT2D eigenvalue weighted by Crippen LogP contribution is 2.23. The van der Waals surface area contributed by atoms with Crippen molar-refractivity contribution in [2.24, 2.45) is 0 Å². The normalized spacial score (nSPS) is 12.0. The summed E-state index contributed by atoms with van der Waals surface area (Å²) in [6.45, 7) is 3.53. The zero-order valence-electron chi connectivity index (χ0n) is 15.3. The molecule has 1 N–H and O–H groups in total. The number of aryl methyl sites for hydroxylation is 1. The fourth-order valence-corrected chi connectivity index (χ4v) is 3.80. The van der Waals surface area contributed by atoms with Crippen molar-refractivity contribution in [2.75, 3.05) is 19.4 Å². The maximum absolute atomic E-state index is 12.4. The zero-order valence-corrected chi connectivity index (χ0v) is 16.1. The van der Waals surface area contributed by atoms with Crippen molar-refractivity contribution in [3.8, 4) is 0 Å². The van der Waals surface area contributed by atoms with Gasteiger partial charge in [-0.05, 0) is 36.8 Å². The van der Waals surface area contributed by atoms with Crippen molar-refractivity contribution in [3.63, 3.8) is 0 Å². The molecule has 26 heavy (non-hydrogen) atoms. The number of rotatable bonds is 7. The van der Waals surface area contributed by atoms with Gasteiger partial charge in [0.25, 0.3) is 0 Å². The second-order valence-electron chi connectivity index (χ2n) is 6.34. The predicted molar refractivity (Wildman–Crippen MR) is 105 cm³/mol. The Bertz CT molecular complexity index is 995. The Labute approximate surface area is 154 Å². The van der Waals surface area contributed by atoms with E-state index < -0.39 is 10.0 Å². The van der Waals surface area contributed by atoms with Crippen LogP contribution >= 0.6 is 0 Å². The average Bonchev–Trinajstić information content (AvgIpc) is 2.98. The number of anilines is 1. The molecule has 0 fully saturated rings. The van der Waals surface area contributed by atoms with E-state index in [1.165, 1.54) is 18.4 Å². The maximum atomic E-state index is 12.4. The second-order valence-corrected chi connectivity index (χ2v) is 8.49. The van der Waals surface area contributed by atoms with Crippen molar-refractivity contribution in [1.82, 2.24) is 13.9 Å². The van der Waals surface area contributed by atoms with Gasteiger partial charge in [-0.1, -0.05) is 25.1 Å². The van der Waals surface area contributed by atoms with Crippen LogP contribution in [0.25, 0.3) is 11.0 Å². The minimum absolute atomic E-state index is 0.263. The van der Waals surface area contributed by atoms with E-state index in [9.17, 15) is 8.42 Å². The molecule has 0 aliphatic rings. The molecule has 7 heteroatoms. The molecule has 0 amide bonds. The first-order valence-electron chi connectivity index (χ1n) is 8.64. The first-order chi connectivity index (χ1) is 12.4. The van der Waals surface area contributed by atoms with Crippen LogP contribution in [-0.4, -0.2) is 36.4 Å². The summed E-state index contributed by atoms with van der Waals surface area (Å²) in [6, 6.07) is 15.1. The Morgan fingerprint density at radius 2 is 1.85 bits per heavy atom. The third kappa shape index (κ3) is 3.59. The van der Waals surface area contributed by atoms with Gasteiger partial charge in [0, 0.05) is 26.3 Å². The van der Waals surface area contributed by atoms with E-state index in [0.29, 0.717) is 12.1 Å². The molecule has 1 aromatic heterocycles. The number of benzene rings is 2. The highest BCUT2D eigenvalue weighted by molar-refractivity contribution is 7.89. The van der Waals surface area contributed by atoms with Gasteiger partial charge < -0.3 is 9.88 Å². The molecule has 0 bridgehead atoms. The zero-order chi connectivity index (χ0) is 18.7. The van der Waals surface area contributed by atoms with Gasteiger partial charge in [0.05, 0.1) is 22.5 Å². The molecule has 2 aromatic carbocycles. The average molecular weight is 372 g/mol. The summed E-state index contributed by atoms with van der Waals surface area (Å²) in [5.74, 6) is 0.894. The number of sulfonamides is 1. The number of imidazole rings is 1. The Hall–Kier alpha value is -2.38. The third-order valence-corrected chi connectivity index (χ3v) is 6.06. The standard InChI is InChI=1S/C19H24N4O2S/c1-4-12-23-18-11-10-16(26(24,25)22(2)3)13-17(18)21-19(23)14-20-15-8-6-5-7-9-15/h5-11,13,20H,4,12,14H2,1-3H3. The number of fused-ring (bicyclic) bond motifs is 1. The summed E-state index contributed by atoms with van der Waals surface area (Å²) < 4.78 is 28.1. The molecule has 0 spiro atoms. The summed E-state index contributed by atoms with van der Waals surface area (Å²) in [4.78, 5) is 4.96. The predicted octanol–water partition coefficient (Wildman–Crippen LogP) is 3.31. The van der Waals surface area contributed by atoms with Gasteiger partial charge in [-0.2, -0.15) is 0 Å². The van der Waals surface area contributed by atoms with Crippen LogP contribution in [0.5, 0.6) is 0 Å². The van der Waals surface area contributed by atoms with Crippen LogP contribution in [0.3, 0.4) is 0 Å². The molecule has 138 valence electrons. The molecular formula is C19H24N4O2S. The first-order valence-corrected chi connectivity index (χ1v) is 10.1. The smallest absolute Gasteiger partial charge is 0.242 e. The lowest BCUT2D eigenvalue weighted by Gasteiger charge is -2.11. The summed E-state index contributed by atoms with van der Waals surface area (Å²) in [5.41, 5.74) is 2.68. The van der Waals surface area contributed by atoms with E-state index in [1.54, 1.807) is 12.1 Å². The Kier molecular flexibility index (Phi) is 5.29. The van der Waals surface area contributed by atoms with E-state index in [0.717, 1.165) is 30.0 Å². The van der Waals surface area contributed by atoms with Crippen LogP contribution in [-0.2, 0) is 23.1 Å². The molecule has 0 saturated carbocycles. The van der Waals surface area contributed by atoms with Crippen LogP contribution < -0.4 is 5.32 Å². The minimum atomic E-state index is -3.47. The molecule has 3 rings (SSSR count). The van der Waals surface area contributed by atoms with Crippen LogP contribution in [0.2, 0.25) is 0 Å². The largest absolute Gasteiger partial charge is 0.378 e. The highest BCUT2D eigenvalue weighted by atomic mass is 32.2. The van der Waals surface area contributed by atoms with E-state index in [2.05, 4.69) is 16.8 Å². The summed E-state index contributed by atoms with van der Waals surface area (Å²) in [6.07, 6.45) is 0.974. The molecule has 3 aromatic rings. The molecule has 0 saturated heterocycles. The monoisotopic (exact) mass is 372 g/mol. The van der Waals surface area contributed by atoms with Crippen LogP contribution in [0, 0.1) is 0 Å². The van der Waals surface area contributed by atoms with E-state index in [4.69, 9.17) is 4.98 Å². The molecule has 0 aliphatic carbocycles. The topological polar surface area (TPSA) is 67.2 Å². The molecule has 0 aliphatic heterocycles. The molecular weight excluding hydrogens is 348 g/mol. The molecule has 6 nitrogen and oxygen atoms in total. The number of hydrogen-bond acceptors (Lipinski definition) is 4. The van der Waals surface area contributed by atoms with Crippen molar-refractivity contribution in [2.45, 2.75) is 31.3 Å². The number of nitrogens with zero attached hydrogens (tertiary/aromatic N) is 3. The fraction of sp³-hybridized carbons (Fsp3) is 0.316.